The molecule has 1 atom stereocenters. The molecule has 1 radical (unpaired) electrons. The number of amides is 2. The van der Waals surface area contributed by atoms with Gasteiger partial charge in [-0.25, -0.2) is 9.18 Å². The van der Waals surface area contributed by atoms with Crippen molar-refractivity contribution < 1.29 is 28.5 Å². The van der Waals surface area contributed by atoms with Crippen LogP contribution in [-0.4, -0.2) is 55.0 Å². The van der Waals surface area contributed by atoms with Crippen molar-refractivity contribution in [2.75, 3.05) is 18.0 Å². The Kier molecular flexibility index (Phi) is 6.16. The Morgan fingerprint density at radius 1 is 1.44 bits per heavy atom. The van der Waals surface area contributed by atoms with Crippen LogP contribution < -0.4 is 15.7 Å². The van der Waals surface area contributed by atoms with Gasteiger partial charge in [0.2, 0.25) is 5.91 Å². The van der Waals surface area contributed by atoms with Gasteiger partial charge in [0.05, 0.1) is 30.0 Å². The molecule has 1 aromatic carbocycles. The van der Waals surface area contributed by atoms with Gasteiger partial charge in [-0.2, -0.15) is 0 Å². The van der Waals surface area contributed by atoms with E-state index in [1.807, 2.05) is 0 Å². The molecule has 2 rings (SSSR count). The minimum absolute atomic E-state index is 0.193. The van der Waals surface area contributed by atoms with Gasteiger partial charge in [0.15, 0.2) is 0 Å². The lowest BCUT2D eigenvalue weighted by molar-refractivity contribution is -0.119. The second kappa shape index (κ2) is 7.86. The van der Waals surface area contributed by atoms with Crippen molar-refractivity contribution in [3.05, 3.63) is 24.0 Å². The van der Waals surface area contributed by atoms with Crippen molar-refractivity contribution in [3.8, 4) is 0 Å². The van der Waals surface area contributed by atoms with E-state index in [-0.39, 0.29) is 24.5 Å². The van der Waals surface area contributed by atoms with Crippen LogP contribution >= 0.6 is 0 Å². The molecule has 9 heteroatoms. The number of rotatable bonds is 7. The molecule has 27 heavy (non-hydrogen) atoms. The number of halogens is 1. The molecule has 0 aliphatic carbocycles. The molecule has 1 heterocycles. The third kappa shape index (κ3) is 5.20. The fourth-order valence-corrected chi connectivity index (χ4v) is 2.23. The largest absolute Gasteiger partial charge is 0.442 e. The highest BCUT2D eigenvalue weighted by Crippen LogP contribution is 2.25. The van der Waals surface area contributed by atoms with Crippen molar-refractivity contribution in [1.82, 2.24) is 5.32 Å². The summed E-state index contributed by atoms with van der Waals surface area (Å²) >= 11 is 0. The highest BCUT2D eigenvalue weighted by molar-refractivity contribution is 6.47. The number of nitrogens with zero attached hydrogens (tertiary/aromatic N) is 1. The maximum Gasteiger partial charge on any atom is 0.414 e. The Morgan fingerprint density at radius 2 is 2.11 bits per heavy atom. The van der Waals surface area contributed by atoms with Crippen LogP contribution in [0.5, 0.6) is 0 Å². The number of ether oxygens (including phenoxy) is 1. The topological polar surface area (TPSA) is 88.1 Å². The number of anilines is 1. The second-order valence-corrected chi connectivity index (χ2v) is 7.56. The van der Waals surface area contributed by atoms with Crippen LogP contribution in [0.4, 0.5) is 14.9 Å². The Labute approximate surface area is 159 Å². The first-order chi connectivity index (χ1) is 12.4. The fraction of sp³-hybridized carbons (Fsp3) is 0.556. The summed E-state index contributed by atoms with van der Waals surface area (Å²) in [5.41, 5.74) is -1.50. The minimum atomic E-state index is -1.12. The van der Waals surface area contributed by atoms with E-state index in [0.29, 0.717) is 5.69 Å². The summed E-state index contributed by atoms with van der Waals surface area (Å²) < 4.78 is 25.2. The van der Waals surface area contributed by atoms with E-state index in [0.717, 1.165) is 0 Å². The number of aliphatic hydroxyl groups is 1. The zero-order valence-electron chi connectivity index (χ0n) is 16.2. The molecule has 7 nitrogen and oxygen atoms in total. The van der Waals surface area contributed by atoms with Crippen LogP contribution in [-0.2, 0) is 14.2 Å². The van der Waals surface area contributed by atoms with Gasteiger partial charge in [-0.3, -0.25) is 9.69 Å². The summed E-state index contributed by atoms with van der Waals surface area (Å²) in [5.74, 6) is -0.790. The lowest BCUT2D eigenvalue weighted by atomic mass is 9.82. The normalized spacial score (nSPS) is 17.7. The molecule has 1 aromatic rings. The summed E-state index contributed by atoms with van der Waals surface area (Å²) in [6.45, 7) is 8.40. The molecular formula is C18H25BFN2O5. The first-order valence-electron chi connectivity index (χ1n) is 8.66. The first-order valence-corrected chi connectivity index (χ1v) is 8.66. The number of hydrogen-bond donors (Lipinski definition) is 2. The van der Waals surface area contributed by atoms with E-state index in [9.17, 15) is 19.1 Å². The minimum Gasteiger partial charge on any atom is -0.442 e. The molecule has 1 fully saturated rings. The van der Waals surface area contributed by atoms with Crippen LogP contribution in [0.15, 0.2) is 18.2 Å². The molecule has 0 spiro atoms. The van der Waals surface area contributed by atoms with Crippen LogP contribution in [0, 0.1) is 5.82 Å². The Hall–Kier alpha value is -2.13. The molecular weight excluding hydrogens is 354 g/mol. The summed E-state index contributed by atoms with van der Waals surface area (Å²) in [6, 6.07) is 4.28. The molecule has 2 amide bonds. The van der Waals surface area contributed by atoms with Gasteiger partial charge in [-0.05, 0) is 45.3 Å². The number of benzene rings is 1. The third-order valence-corrected chi connectivity index (χ3v) is 4.70. The first kappa shape index (κ1) is 21.2. The van der Waals surface area contributed by atoms with Crippen molar-refractivity contribution in [3.63, 3.8) is 0 Å². The van der Waals surface area contributed by atoms with E-state index < -0.39 is 29.2 Å². The zero-order valence-corrected chi connectivity index (χ0v) is 16.2. The number of nitrogens with one attached hydrogen (secondary N) is 1. The van der Waals surface area contributed by atoms with E-state index in [1.54, 1.807) is 33.8 Å². The average molecular weight is 379 g/mol. The fourth-order valence-electron chi connectivity index (χ4n) is 2.23. The number of cyclic esters (lactones) is 1. The van der Waals surface area contributed by atoms with Gasteiger partial charge < -0.3 is 19.8 Å². The van der Waals surface area contributed by atoms with Crippen LogP contribution in [0.3, 0.4) is 0 Å². The van der Waals surface area contributed by atoms with Gasteiger partial charge in [0, 0.05) is 6.92 Å². The summed E-state index contributed by atoms with van der Waals surface area (Å²) in [7, 11) is 1.25. The predicted molar refractivity (Wildman–Crippen MR) is 99.5 cm³/mol. The number of hydrogen-bond acceptors (Lipinski definition) is 5. The number of carbonyl (C=O) groups is 2. The predicted octanol–water partition coefficient (Wildman–Crippen LogP) is 1.10. The van der Waals surface area contributed by atoms with Crippen molar-refractivity contribution in [2.24, 2.45) is 0 Å². The van der Waals surface area contributed by atoms with Gasteiger partial charge >= 0.3 is 13.6 Å². The monoisotopic (exact) mass is 379 g/mol. The van der Waals surface area contributed by atoms with Crippen molar-refractivity contribution in [1.29, 1.82) is 0 Å². The summed E-state index contributed by atoms with van der Waals surface area (Å²) in [6.07, 6.45) is -1.09. The van der Waals surface area contributed by atoms with E-state index in [2.05, 4.69) is 5.32 Å². The van der Waals surface area contributed by atoms with Crippen LogP contribution in [0.1, 0.15) is 34.6 Å². The summed E-state index contributed by atoms with van der Waals surface area (Å²) in [5, 5.41) is 12.7. The Bertz CT molecular complexity index is 720. The molecule has 0 aromatic heterocycles. The molecule has 0 saturated carbocycles. The summed E-state index contributed by atoms with van der Waals surface area (Å²) in [4.78, 5) is 24.3. The van der Waals surface area contributed by atoms with Crippen LogP contribution in [0.25, 0.3) is 0 Å². The molecule has 1 unspecified atom stereocenters. The molecule has 1 aliphatic rings. The maximum absolute atomic E-state index is 14.4. The number of carbonyl (C=O) groups excluding carboxylic acids is 2. The van der Waals surface area contributed by atoms with Gasteiger partial charge in [-0.15, -0.1) is 0 Å². The highest BCUT2D eigenvalue weighted by Gasteiger charge is 2.36. The van der Waals surface area contributed by atoms with Crippen LogP contribution in [0.2, 0.25) is 0 Å². The second-order valence-electron chi connectivity index (χ2n) is 7.56. The SMILES string of the molecule is CC(=O)NCC1CN(c2ccc([B]OC(C)(C)C(C)(C)O)c(F)c2)C(=O)O1. The molecule has 1 saturated heterocycles. The van der Waals surface area contributed by atoms with Gasteiger partial charge in [0.25, 0.3) is 0 Å². The van der Waals surface area contributed by atoms with Gasteiger partial charge in [-0.1, -0.05) is 6.07 Å². The van der Waals surface area contributed by atoms with E-state index in [1.165, 1.54) is 31.4 Å². The quantitative estimate of drug-likeness (QED) is 0.693. The Balaban J connectivity index is 2.04. The molecule has 147 valence electrons. The highest BCUT2D eigenvalue weighted by atomic mass is 19.1. The standard InChI is InChI=1S/C18H25BFN2O5/c1-11(23)21-9-13-10-22(16(24)26-13)12-6-7-14(15(20)8-12)19-27-18(4,5)17(2,3)25/h6-8,13,25H,9-10H2,1-5H3,(H,21,23). The zero-order chi connectivity index (χ0) is 20.4. The molecule has 1 aliphatic heterocycles. The van der Waals surface area contributed by atoms with E-state index in [4.69, 9.17) is 9.39 Å². The van der Waals surface area contributed by atoms with Gasteiger partial charge in [0.1, 0.15) is 11.9 Å². The smallest absolute Gasteiger partial charge is 0.414 e. The molecule has 2 N–H and O–H groups in total. The maximum atomic E-state index is 14.4. The lowest BCUT2D eigenvalue weighted by Gasteiger charge is -2.37. The Morgan fingerprint density at radius 3 is 2.67 bits per heavy atom. The third-order valence-electron chi connectivity index (χ3n) is 4.70. The lowest BCUT2D eigenvalue weighted by Crippen LogP contribution is -2.49. The molecule has 0 bridgehead atoms. The van der Waals surface area contributed by atoms with Crippen molar-refractivity contribution >= 4 is 30.6 Å². The van der Waals surface area contributed by atoms with Crippen molar-refractivity contribution in [2.45, 2.75) is 51.9 Å². The van der Waals surface area contributed by atoms with E-state index >= 15 is 0 Å². The average Bonchev–Trinajstić information content (AvgIpc) is 2.91.